The lowest BCUT2D eigenvalue weighted by Crippen LogP contribution is -2.14. The van der Waals surface area contributed by atoms with Gasteiger partial charge in [-0.2, -0.15) is 9.67 Å². The Balaban J connectivity index is 1.57. The van der Waals surface area contributed by atoms with Crippen LogP contribution < -0.4 is 5.32 Å². The molecule has 0 aliphatic carbocycles. The summed E-state index contributed by atoms with van der Waals surface area (Å²) in [6, 6.07) is 19.1. The van der Waals surface area contributed by atoms with Gasteiger partial charge in [-0.15, -0.1) is 5.10 Å². The Bertz CT molecular complexity index is 971. The monoisotopic (exact) mass is 332 g/mol. The van der Waals surface area contributed by atoms with E-state index in [1.807, 2.05) is 60.7 Å². The molecule has 7 nitrogen and oxygen atoms in total. The number of hydrogen-bond acceptors (Lipinski definition) is 6. The van der Waals surface area contributed by atoms with Gasteiger partial charge < -0.3 is 10.4 Å². The number of hydrogen-bond donors (Lipinski definition) is 2. The standard InChI is InChI=1S/C18H16N6O/c25-16(13-7-3-1-4-8-13)12-20-18-19-11-15-17(21-18)24(23-22-15)14-9-5-2-6-10-14/h1-11,16,25H,12H2,(H,19,20,21). The van der Waals surface area contributed by atoms with Crippen LogP contribution >= 0.6 is 0 Å². The van der Waals surface area contributed by atoms with Crippen LogP contribution in [0.25, 0.3) is 16.9 Å². The number of anilines is 1. The predicted molar refractivity (Wildman–Crippen MR) is 94.3 cm³/mol. The van der Waals surface area contributed by atoms with E-state index in [9.17, 15) is 5.11 Å². The van der Waals surface area contributed by atoms with Crippen molar-refractivity contribution in [2.75, 3.05) is 11.9 Å². The topological polar surface area (TPSA) is 88.8 Å². The summed E-state index contributed by atoms with van der Waals surface area (Å²) in [5, 5.41) is 21.5. The van der Waals surface area contributed by atoms with Crippen molar-refractivity contribution in [3.8, 4) is 5.69 Å². The van der Waals surface area contributed by atoms with Gasteiger partial charge in [-0.1, -0.05) is 53.7 Å². The third kappa shape index (κ3) is 3.17. The minimum absolute atomic E-state index is 0.308. The van der Waals surface area contributed by atoms with Gasteiger partial charge in [0.1, 0.15) is 0 Å². The summed E-state index contributed by atoms with van der Waals surface area (Å²) in [6.45, 7) is 0.308. The zero-order chi connectivity index (χ0) is 17.1. The average Bonchev–Trinajstić information content (AvgIpc) is 3.10. The van der Waals surface area contributed by atoms with Crippen LogP contribution in [0.3, 0.4) is 0 Å². The molecule has 1 unspecified atom stereocenters. The molecule has 0 radical (unpaired) electrons. The van der Waals surface area contributed by atoms with Crippen molar-refractivity contribution >= 4 is 17.1 Å². The quantitative estimate of drug-likeness (QED) is 0.583. The first-order valence-electron chi connectivity index (χ1n) is 7.92. The van der Waals surface area contributed by atoms with Gasteiger partial charge in [-0.05, 0) is 17.7 Å². The average molecular weight is 332 g/mol. The van der Waals surface area contributed by atoms with Gasteiger partial charge in [0.15, 0.2) is 11.2 Å². The summed E-state index contributed by atoms with van der Waals surface area (Å²) < 4.78 is 1.66. The minimum Gasteiger partial charge on any atom is -0.387 e. The number of aromatic nitrogens is 5. The molecule has 7 heteroatoms. The molecule has 2 aromatic heterocycles. The van der Waals surface area contributed by atoms with E-state index in [0.29, 0.717) is 23.7 Å². The summed E-state index contributed by atoms with van der Waals surface area (Å²) in [4.78, 5) is 8.71. The SMILES string of the molecule is OC(CNc1ncc2nnn(-c3ccccc3)c2n1)c1ccccc1. The van der Waals surface area contributed by atoms with Crippen LogP contribution in [0.2, 0.25) is 0 Å². The van der Waals surface area contributed by atoms with E-state index in [1.54, 1.807) is 10.9 Å². The first kappa shape index (κ1) is 15.2. The third-order valence-electron chi connectivity index (χ3n) is 3.83. The number of fused-ring (bicyclic) bond motifs is 1. The zero-order valence-electron chi connectivity index (χ0n) is 13.3. The third-order valence-corrected chi connectivity index (χ3v) is 3.83. The Hall–Kier alpha value is -3.32. The summed E-state index contributed by atoms with van der Waals surface area (Å²) in [5.41, 5.74) is 2.93. The van der Waals surface area contributed by atoms with Gasteiger partial charge in [0, 0.05) is 6.54 Å². The molecule has 0 amide bonds. The lowest BCUT2D eigenvalue weighted by atomic mass is 10.1. The molecule has 0 spiro atoms. The normalized spacial score (nSPS) is 12.2. The number of para-hydroxylation sites is 1. The number of aliphatic hydroxyl groups is 1. The van der Waals surface area contributed by atoms with E-state index < -0.39 is 6.10 Å². The number of nitrogens with one attached hydrogen (secondary N) is 1. The maximum atomic E-state index is 10.2. The molecule has 0 fully saturated rings. The van der Waals surface area contributed by atoms with Crippen LogP contribution in [0.5, 0.6) is 0 Å². The fourth-order valence-corrected chi connectivity index (χ4v) is 2.54. The Morgan fingerprint density at radius 2 is 1.72 bits per heavy atom. The lowest BCUT2D eigenvalue weighted by molar-refractivity contribution is 0.191. The zero-order valence-corrected chi connectivity index (χ0v) is 13.3. The summed E-state index contributed by atoms with van der Waals surface area (Å²) in [7, 11) is 0. The van der Waals surface area contributed by atoms with E-state index in [4.69, 9.17) is 0 Å². The van der Waals surface area contributed by atoms with E-state index >= 15 is 0 Å². The van der Waals surface area contributed by atoms with Crippen molar-refractivity contribution in [1.29, 1.82) is 0 Å². The lowest BCUT2D eigenvalue weighted by Gasteiger charge is -2.12. The highest BCUT2D eigenvalue weighted by atomic mass is 16.3. The second-order valence-electron chi connectivity index (χ2n) is 5.55. The molecule has 0 aliphatic heterocycles. The summed E-state index contributed by atoms with van der Waals surface area (Å²) >= 11 is 0. The van der Waals surface area contributed by atoms with Gasteiger partial charge in [-0.3, -0.25) is 0 Å². The van der Waals surface area contributed by atoms with Crippen LogP contribution in [0, 0.1) is 0 Å². The molecule has 1 atom stereocenters. The fourth-order valence-electron chi connectivity index (χ4n) is 2.54. The van der Waals surface area contributed by atoms with Gasteiger partial charge in [0.25, 0.3) is 0 Å². The molecule has 124 valence electrons. The van der Waals surface area contributed by atoms with Crippen molar-refractivity contribution in [2.45, 2.75) is 6.10 Å². The smallest absolute Gasteiger partial charge is 0.224 e. The highest BCUT2D eigenvalue weighted by Crippen LogP contribution is 2.16. The van der Waals surface area contributed by atoms with Crippen LogP contribution in [0.4, 0.5) is 5.95 Å². The molecule has 25 heavy (non-hydrogen) atoms. The van der Waals surface area contributed by atoms with E-state index in [1.165, 1.54) is 0 Å². The van der Waals surface area contributed by atoms with Crippen LogP contribution in [-0.2, 0) is 0 Å². The Kier molecular flexibility index (Phi) is 4.05. The van der Waals surface area contributed by atoms with Crippen molar-refractivity contribution in [3.63, 3.8) is 0 Å². The second-order valence-corrected chi connectivity index (χ2v) is 5.55. The van der Waals surface area contributed by atoms with Gasteiger partial charge in [-0.25, -0.2) is 4.98 Å². The summed E-state index contributed by atoms with van der Waals surface area (Å²) in [6.07, 6.45) is 0.976. The maximum Gasteiger partial charge on any atom is 0.224 e. The molecular formula is C18H16N6O. The maximum absolute atomic E-state index is 10.2. The first-order valence-corrected chi connectivity index (χ1v) is 7.92. The minimum atomic E-state index is -0.641. The van der Waals surface area contributed by atoms with E-state index in [0.717, 1.165) is 11.3 Å². The molecular weight excluding hydrogens is 316 g/mol. The van der Waals surface area contributed by atoms with Crippen molar-refractivity contribution in [3.05, 3.63) is 72.4 Å². The van der Waals surface area contributed by atoms with E-state index in [2.05, 4.69) is 25.6 Å². The predicted octanol–water partition coefficient (Wildman–Crippen LogP) is 2.36. The largest absolute Gasteiger partial charge is 0.387 e. The number of benzene rings is 2. The van der Waals surface area contributed by atoms with Crippen LogP contribution in [0.1, 0.15) is 11.7 Å². The molecule has 2 aromatic carbocycles. The Labute approximate surface area is 144 Å². The first-order chi connectivity index (χ1) is 12.3. The van der Waals surface area contributed by atoms with Gasteiger partial charge in [0.2, 0.25) is 5.95 Å². The number of rotatable bonds is 5. The molecule has 4 rings (SSSR count). The van der Waals surface area contributed by atoms with Crippen molar-refractivity contribution in [1.82, 2.24) is 25.0 Å². The van der Waals surface area contributed by atoms with Crippen molar-refractivity contribution in [2.24, 2.45) is 0 Å². The molecule has 0 bridgehead atoms. The Morgan fingerprint density at radius 3 is 2.48 bits per heavy atom. The second kappa shape index (κ2) is 6.66. The molecule has 4 aromatic rings. The van der Waals surface area contributed by atoms with Crippen LogP contribution in [0.15, 0.2) is 66.9 Å². The van der Waals surface area contributed by atoms with E-state index in [-0.39, 0.29) is 0 Å². The number of nitrogens with zero attached hydrogens (tertiary/aromatic N) is 5. The van der Waals surface area contributed by atoms with Gasteiger partial charge in [0.05, 0.1) is 18.0 Å². The highest BCUT2D eigenvalue weighted by Gasteiger charge is 2.11. The molecule has 0 saturated carbocycles. The van der Waals surface area contributed by atoms with Gasteiger partial charge >= 0.3 is 0 Å². The fraction of sp³-hybridized carbons (Fsp3) is 0.111. The molecule has 0 aliphatic rings. The summed E-state index contributed by atoms with van der Waals surface area (Å²) in [5.74, 6) is 0.418. The molecule has 2 heterocycles. The molecule has 2 N–H and O–H groups in total. The van der Waals surface area contributed by atoms with Crippen molar-refractivity contribution < 1.29 is 5.11 Å². The highest BCUT2D eigenvalue weighted by molar-refractivity contribution is 5.71. The molecule has 0 saturated heterocycles. The van der Waals surface area contributed by atoms with Crippen LogP contribution in [-0.4, -0.2) is 36.6 Å². The Morgan fingerprint density at radius 1 is 1.00 bits per heavy atom. The number of aliphatic hydroxyl groups excluding tert-OH is 1.